The van der Waals surface area contributed by atoms with E-state index in [1.165, 1.54) is 32.1 Å². The third kappa shape index (κ3) is 5.57. The lowest BCUT2D eigenvalue weighted by Gasteiger charge is -2.35. The van der Waals surface area contributed by atoms with Gasteiger partial charge in [0.25, 0.3) is 0 Å². The number of methoxy groups -OCH3 is 1. The Kier molecular flexibility index (Phi) is 6.74. The van der Waals surface area contributed by atoms with Gasteiger partial charge in [-0.15, -0.1) is 0 Å². The smallest absolute Gasteiger partial charge is 0.321 e. The maximum absolute atomic E-state index is 12.6. The fourth-order valence-electron chi connectivity index (χ4n) is 4.22. The van der Waals surface area contributed by atoms with Crippen LogP contribution in [0.25, 0.3) is 0 Å². The molecule has 1 aliphatic heterocycles. The second kappa shape index (κ2) is 9.85. The third-order valence-electron chi connectivity index (χ3n) is 6.01. The highest BCUT2D eigenvalue weighted by Gasteiger charge is 2.23. The molecule has 1 aliphatic carbocycles. The van der Waals surface area contributed by atoms with Crippen molar-refractivity contribution in [2.45, 2.75) is 45.1 Å². The van der Waals surface area contributed by atoms with Crippen LogP contribution in [-0.2, 0) is 0 Å². The van der Waals surface area contributed by atoms with Crippen LogP contribution in [0.4, 0.5) is 22.2 Å². The highest BCUT2D eigenvalue weighted by atomic mass is 16.5. The zero-order chi connectivity index (χ0) is 21.6. The van der Waals surface area contributed by atoms with E-state index in [2.05, 4.69) is 20.5 Å². The zero-order valence-electron chi connectivity index (χ0n) is 18.4. The molecule has 1 saturated heterocycles. The summed E-state index contributed by atoms with van der Waals surface area (Å²) in [5.41, 5.74) is 1.72. The molecule has 8 heteroatoms. The second-order valence-electron chi connectivity index (χ2n) is 8.30. The summed E-state index contributed by atoms with van der Waals surface area (Å²) in [6, 6.07) is 9.78. The number of ether oxygens (including phenoxy) is 1. The number of nitrogens with zero attached hydrogens (tertiary/aromatic N) is 4. The molecule has 0 bridgehead atoms. The molecule has 1 aromatic carbocycles. The van der Waals surface area contributed by atoms with Crippen LogP contribution < -0.4 is 20.3 Å². The average Bonchev–Trinajstić information content (AvgIpc) is 2.80. The topological polar surface area (TPSA) is 82.6 Å². The average molecular weight is 425 g/mol. The molecule has 4 rings (SSSR count). The number of piperazine rings is 1. The van der Waals surface area contributed by atoms with Crippen LogP contribution in [-0.4, -0.2) is 60.2 Å². The monoisotopic (exact) mass is 424 g/mol. The minimum absolute atomic E-state index is 0.0802. The number of hydrogen-bond donors (Lipinski definition) is 2. The van der Waals surface area contributed by atoms with E-state index in [0.717, 1.165) is 42.0 Å². The van der Waals surface area contributed by atoms with Crippen molar-refractivity contribution >= 4 is 23.5 Å². The van der Waals surface area contributed by atoms with Crippen LogP contribution in [0, 0.1) is 6.92 Å². The first-order valence-electron chi connectivity index (χ1n) is 11.2. The van der Waals surface area contributed by atoms with Gasteiger partial charge in [-0.2, -0.15) is 4.98 Å². The van der Waals surface area contributed by atoms with Gasteiger partial charge in [0.1, 0.15) is 11.6 Å². The number of carbonyl (C=O) groups excluding carboxylic acids is 1. The van der Waals surface area contributed by atoms with E-state index >= 15 is 0 Å². The maximum atomic E-state index is 12.6. The molecule has 2 amide bonds. The maximum Gasteiger partial charge on any atom is 0.321 e. The highest BCUT2D eigenvalue weighted by molar-refractivity contribution is 5.89. The van der Waals surface area contributed by atoms with Crippen LogP contribution >= 0.6 is 0 Å². The summed E-state index contributed by atoms with van der Waals surface area (Å²) in [6.45, 7) is 4.80. The quantitative estimate of drug-likeness (QED) is 0.758. The van der Waals surface area contributed by atoms with Crippen molar-refractivity contribution in [2.75, 3.05) is 48.8 Å². The molecule has 0 spiro atoms. The van der Waals surface area contributed by atoms with E-state index in [0.29, 0.717) is 19.1 Å². The summed E-state index contributed by atoms with van der Waals surface area (Å²) in [4.78, 5) is 26.1. The normalized spacial score (nSPS) is 17.4. The molecule has 2 fully saturated rings. The number of aryl methyl sites for hydroxylation is 1. The lowest BCUT2D eigenvalue weighted by Crippen LogP contribution is -2.50. The van der Waals surface area contributed by atoms with E-state index in [1.54, 1.807) is 7.11 Å². The van der Waals surface area contributed by atoms with E-state index in [4.69, 9.17) is 9.72 Å². The van der Waals surface area contributed by atoms with Crippen LogP contribution in [0.2, 0.25) is 0 Å². The fourth-order valence-corrected chi connectivity index (χ4v) is 4.22. The standard InChI is InChI=1S/C23H32N6O2/c1-17-16-21(27-22(24-17)25-18-6-4-3-5-7-18)28-12-14-29(15-13-28)23(30)26-19-8-10-20(31-2)11-9-19/h8-11,16,18H,3-7,12-15H2,1-2H3,(H,26,30)(H,24,25,27). The Labute approximate surface area is 184 Å². The number of urea groups is 1. The summed E-state index contributed by atoms with van der Waals surface area (Å²) >= 11 is 0. The predicted molar refractivity (Wildman–Crippen MR) is 123 cm³/mol. The van der Waals surface area contributed by atoms with Crippen LogP contribution in [0.3, 0.4) is 0 Å². The first-order valence-corrected chi connectivity index (χ1v) is 11.2. The van der Waals surface area contributed by atoms with Crippen molar-refractivity contribution in [1.82, 2.24) is 14.9 Å². The molecule has 0 unspecified atom stereocenters. The Bertz CT molecular complexity index is 874. The fraction of sp³-hybridized carbons (Fsp3) is 0.522. The molecule has 2 aliphatic rings. The first-order chi connectivity index (χ1) is 15.1. The molecule has 0 radical (unpaired) electrons. The second-order valence-corrected chi connectivity index (χ2v) is 8.30. The molecular formula is C23H32N6O2. The number of nitrogens with one attached hydrogen (secondary N) is 2. The van der Waals surface area contributed by atoms with Crippen LogP contribution in [0.1, 0.15) is 37.8 Å². The Morgan fingerprint density at radius 3 is 2.42 bits per heavy atom. The first kappa shape index (κ1) is 21.2. The van der Waals surface area contributed by atoms with Gasteiger partial charge in [-0.05, 0) is 44.0 Å². The van der Waals surface area contributed by atoms with Crippen molar-refractivity contribution in [3.05, 3.63) is 36.0 Å². The molecule has 2 aromatic rings. The highest BCUT2D eigenvalue weighted by Crippen LogP contribution is 2.23. The van der Waals surface area contributed by atoms with Gasteiger partial charge in [0, 0.05) is 49.7 Å². The number of aromatic nitrogens is 2. The van der Waals surface area contributed by atoms with Gasteiger partial charge < -0.3 is 25.2 Å². The Morgan fingerprint density at radius 1 is 1.03 bits per heavy atom. The summed E-state index contributed by atoms with van der Waals surface area (Å²) in [5, 5.41) is 6.49. The molecule has 2 heterocycles. The zero-order valence-corrected chi connectivity index (χ0v) is 18.4. The molecule has 2 N–H and O–H groups in total. The molecular weight excluding hydrogens is 392 g/mol. The van der Waals surface area contributed by atoms with E-state index in [1.807, 2.05) is 42.2 Å². The Hall–Kier alpha value is -3.03. The lowest BCUT2D eigenvalue weighted by molar-refractivity contribution is 0.208. The van der Waals surface area contributed by atoms with E-state index in [9.17, 15) is 4.79 Å². The molecule has 1 aromatic heterocycles. The summed E-state index contributed by atoms with van der Waals surface area (Å²) in [6.07, 6.45) is 6.26. The van der Waals surface area contributed by atoms with Crippen molar-refractivity contribution in [2.24, 2.45) is 0 Å². The van der Waals surface area contributed by atoms with Gasteiger partial charge in [0.05, 0.1) is 7.11 Å². The minimum Gasteiger partial charge on any atom is -0.497 e. The van der Waals surface area contributed by atoms with E-state index in [-0.39, 0.29) is 6.03 Å². The van der Waals surface area contributed by atoms with E-state index < -0.39 is 0 Å². The number of benzene rings is 1. The molecule has 8 nitrogen and oxygen atoms in total. The largest absolute Gasteiger partial charge is 0.497 e. The predicted octanol–water partition coefficient (Wildman–Crippen LogP) is 3.89. The van der Waals surface area contributed by atoms with Crippen molar-refractivity contribution in [3.63, 3.8) is 0 Å². The molecule has 0 atom stereocenters. The van der Waals surface area contributed by atoms with Crippen molar-refractivity contribution in [3.8, 4) is 5.75 Å². The van der Waals surface area contributed by atoms with Gasteiger partial charge in [-0.3, -0.25) is 0 Å². The summed E-state index contributed by atoms with van der Waals surface area (Å²) in [7, 11) is 1.63. The van der Waals surface area contributed by atoms with Crippen LogP contribution in [0.5, 0.6) is 5.75 Å². The molecule has 1 saturated carbocycles. The number of anilines is 3. The van der Waals surface area contributed by atoms with Crippen molar-refractivity contribution in [1.29, 1.82) is 0 Å². The van der Waals surface area contributed by atoms with Gasteiger partial charge in [-0.25, -0.2) is 9.78 Å². The van der Waals surface area contributed by atoms with Crippen molar-refractivity contribution < 1.29 is 9.53 Å². The van der Waals surface area contributed by atoms with Gasteiger partial charge in [-0.1, -0.05) is 19.3 Å². The Morgan fingerprint density at radius 2 is 1.74 bits per heavy atom. The summed E-state index contributed by atoms with van der Waals surface area (Å²) < 4.78 is 5.16. The van der Waals surface area contributed by atoms with Gasteiger partial charge >= 0.3 is 6.03 Å². The lowest BCUT2D eigenvalue weighted by atomic mass is 9.96. The molecule has 31 heavy (non-hydrogen) atoms. The number of rotatable bonds is 5. The Balaban J connectivity index is 1.32. The summed E-state index contributed by atoms with van der Waals surface area (Å²) in [5.74, 6) is 2.42. The number of amides is 2. The number of carbonyl (C=O) groups is 1. The molecule has 166 valence electrons. The third-order valence-corrected chi connectivity index (χ3v) is 6.01. The number of hydrogen-bond acceptors (Lipinski definition) is 6. The van der Waals surface area contributed by atoms with Gasteiger partial charge in [0.15, 0.2) is 0 Å². The van der Waals surface area contributed by atoms with Gasteiger partial charge in [0.2, 0.25) is 5.95 Å². The SMILES string of the molecule is COc1ccc(NC(=O)N2CCN(c3cc(C)nc(NC4CCCCC4)n3)CC2)cc1. The van der Waals surface area contributed by atoms with Crippen LogP contribution in [0.15, 0.2) is 30.3 Å². The minimum atomic E-state index is -0.0802.